The van der Waals surface area contributed by atoms with Gasteiger partial charge in [-0.2, -0.15) is 4.98 Å². The van der Waals surface area contributed by atoms with E-state index in [1.807, 2.05) is 6.07 Å². The number of halogens is 2. The third-order valence-corrected chi connectivity index (χ3v) is 5.30. The zero-order valence-corrected chi connectivity index (χ0v) is 19.0. The Hall–Kier alpha value is -2.25. The Morgan fingerprint density at radius 2 is 2.13 bits per heavy atom. The zero-order chi connectivity index (χ0) is 20.8. The Bertz CT molecular complexity index is 863. The molecule has 9 heteroatoms. The largest absolute Gasteiger partial charge is 0.397 e. The molecule has 164 valence electrons. The highest BCUT2D eigenvalue weighted by Gasteiger charge is 2.22. The number of anilines is 4. The molecule has 0 saturated carbocycles. The van der Waals surface area contributed by atoms with Crippen LogP contribution in [0.15, 0.2) is 24.3 Å². The van der Waals surface area contributed by atoms with Crippen molar-refractivity contribution in [1.29, 1.82) is 0 Å². The van der Waals surface area contributed by atoms with Crippen LogP contribution in [0.3, 0.4) is 0 Å². The number of nitrogens with one attached hydrogen (secondary N) is 2. The van der Waals surface area contributed by atoms with Crippen LogP contribution in [0, 0.1) is 0 Å². The lowest BCUT2D eigenvalue weighted by Crippen LogP contribution is -2.47. The van der Waals surface area contributed by atoms with Crippen molar-refractivity contribution in [2.24, 2.45) is 0 Å². The molecular formula is C21H30Cl2N6O. The fourth-order valence-corrected chi connectivity index (χ4v) is 3.65. The molecule has 30 heavy (non-hydrogen) atoms. The van der Waals surface area contributed by atoms with E-state index < -0.39 is 0 Å². The van der Waals surface area contributed by atoms with E-state index in [1.54, 1.807) is 19.1 Å². The number of carbonyl (C=O) groups is 1. The molecule has 1 aliphatic heterocycles. The third-order valence-electron chi connectivity index (χ3n) is 4.96. The maximum Gasteiger partial charge on any atom is 0.229 e. The number of hydrogen-bond donors (Lipinski definition) is 3. The van der Waals surface area contributed by atoms with E-state index in [9.17, 15) is 4.79 Å². The molecule has 0 radical (unpaired) electrons. The zero-order valence-electron chi connectivity index (χ0n) is 17.4. The standard InChI is InChI=1S/C21H29ClN6O.ClH/c1-3-4-6-15-12-20(28-10-5-7-17(13-28)24-14(2)29)27-21(25-15)26-16-8-9-18(22)19(23)11-16;/h8-9,11-12,17H,3-7,10,13,23H2,1-2H3,(H,24,29)(H,25,26,27);1H. The van der Waals surface area contributed by atoms with Gasteiger partial charge in [-0.3, -0.25) is 4.79 Å². The van der Waals surface area contributed by atoms with E-state index in [0.29, 0.717) is 16.7 Å². The van der Waals surface area contributed by atoms with Gasteiger partial charge in [0.05, 0.1) is 10.7 Å². The highest BCUT2D eigenvalue weighted by atomic mass is 35.5. The molecule has 0 bridgehead atoms. The normalized spacial score (nSPS) is 16.0. The minimum Gasteiger partial charge on any atom is -0.397 e. The average Bonchev–Trinajstić information content (AvgIpc) is 2.69. The quantitative estimate of drug-likeness (QED) is 0.541. The summed E-state index contributed by atoms with van der Waals surface area (Å²) in [5, 5.41) is 6.80. The van der Waals surface area contributed by atoms with E-state index in [1.165, 1.54) is 0 Å². The second-order valence-electron chi connectivity index (χ2n) is 7.49. The van der Waals surface area contributed by atoms with Gasteiger partial charge < -0.3 is 21.3 Å². The van der Waals surface area contributed by atoms with Crippen molar-refractivity contribution in [2.75, 3.05) is 29.0 Å². The molecule has 0 aliphatic carbocycles. The molecule has 1 saturated heterocycles. The van der Waals surface area contributed by atoms with E-state index in [0.717, 1.165) is 62.4 Å². The molecule has 2 aromatic rings. The molecule has 2 heterocycles. The number of nitrogens with two attached hydrogens (primary N) is 1. The Morgan fingerprint density at radius 1 is 1.33 bits per heavy atom. The maximum absolute atomic E-state index is 11.5. The lowest BCUT2D eigenvalue weighted by Gasteiger charge is -2.34. The Labute approximate surface area is 189 Å². The van der Waals surface area contributed by atoms with Crippen molar-refractivity contribution in [1.82, 2.24) is 15.3 Å². The van der Waals surface area contributed by atoms with E-state index in [2.05, 4.69) is 33.5 Å². The Morgan fingerprint density at radius 3 is 2.83 bits per heavy atom. The highest BCUT2D eigenvalue weighted by Crippen LogP contribution is 2.26. The van der Waals surface area contributed by atoms with E-state index in [-0.39, 0.29) is 24.4 Å². The first kappa shape index (κ1) is 24.0. The molecule has 1 atom stereocenters. The molecule has 1 aromatic carbocycles. The summed E-state index contributed by atoms with van der Waals surface area (Å²) >= 11 is 6.02. The Kier molecular flexibility index (Phi) is 8.99. The predicted octanol–water partition coefficient (Wildman–Crippen LogP) is 4.33. The first-order chi connectivity index (χ1) is 13.9. The molecular weight excluding hydrogens is 423 g/mol. The summed E-state index contributed by atoms with van der Waals surface area (Å²) in [5.41, 5.74) is 8.22. The smallest absolute Gasteiger partial charge is 0.229 e. The first-order valence-corrected chi connectivity index (χ1v) is 10.5. The molecule has 1 amide bonds. The van der Waals surface area contributed by atoms with Gasteiger partial charge in [-0.25, -0.2) is 4.98 Å². The number of nitrogen functional groups attached to an aromatic ring is 1. The maximum atomic E-state index is 11.5. The Balaban J connectivity index is 0.00000320. The van der Waals surface area contributed by atoms with Crippen LogP contribution in [0.25, 0.3) is 0 Å². The third kappa shape index (κ3) is 6.64. The fraction of sp³-hybridized carbons (Fsp3) is 0.476. The number of unbranched alkanes of at least 4 members (excludes halogenated alkanes) is 1. The van der Waals surface area contributed by atoms with Crippen molar-refractivity contribution in [2.45, 2.75) is 52.0 Å². The molecule has 4 N–H and O–H groups in total. The summed E-state index contributed by atoms with van der Waals surface area (Å²) in [6.45, 7) is 5.39. The topological polar surface area (TPSA) is 96.2 Å². The lowest BCUT2D eigenvalue weighted by atomic mass is 10.1. The summed E-state index contributed by atoms with van der Waals surface area (Å²) < 4.78 is 0. The van der Waals surface area contributed by atoms with Gasteiger partial charge >= 0.3 is 0 Å². The number of carbonyl (C=O) groups excluding carboxylic acids is 1. The highest BCUT2D eigenvalue weighted by molar-refractivity contribution is 6.33. The molecule has 1 unspecified atom stereocenters. The van der Waals surface area contributed by atoms with Gasteiger partial charge in [0.15, 0.2) is 0 Å². The minimum absolute atomic E-state index is 0. The van der Waals surface area contributed by atoms with Gasteiger partial charge in [0.25, 0.3) is 0 Å². The van der Waals surface area contributed by atoms with Crippen molar-refractivity contribution in [3.8, 4) is 0 Å². The monoisotopic (exact) mass is 452 g/mol. The van der Waals surface area contributed by atoms with Crippen LogP contribution in [0.4, 0.5) is 23.1 Å². The SMILES string of the molecule is CCCCc1cc(N2CCCC(NC(C)=O)C2)nc(Nc2ccc(Cl)c(N)c2)n1.Cl. The van der Waals surface area contributed by atoms with Crippen LogP contribution in [-0.4, -0.2) is 35.0 Å². The summed E-state index contributed by atoms with van der Waals surface area (Å²) in [7, 11) is 0. The lowest BCUT2D eigenvalue weighted by molar-refractivity contribution is -0.119. The minimum atomic E-state index is 0. The number of hydrogen-bond acceptors (Lipinski definition) is 6. The number of rotatable bonds is 7. The van der Waals surface area contributed by atoms with Crippen LogP contribution < -0.4 is 21.3 Å². The molecule has 1 aliphatic rings. The van der Waals surface area contributed by atoms with E-state index in [4.69, 9.17) is 22.3 Å². The molecule has 1 fully saturated rings. The van der Waals surface area contributed by atoms with E-state index >= 15 is 0 Å². The van der Waals surface area contributed by atoms with Crippen LogP contribution in [0.2, 0.25) is 5.02 Å². The molecule has 1 aromatic heterocycles. The predicted molar refractivity (Wildman–Crippen MR) is 126 cm³/mol. The van der Waals surface area contributed by atoms with Crippen molar-refractivity contribution >= 4 is 53.1 Å². The summed E-state index contributed by atoms with van der Waals surface area (Å²) in [6, 6.07) is 7.59. The molecule has 3 rings (SSSR count). The van der Waals surface area contributed by atoms with Gasteiger partial charge in [0, 0.05) is 43.5 Å². The van der Waals surface area contributed by atoms with Crippen molar-refractivity contribution in [3.05, 3.63) is 35.0 Å². The number of benzene rings is 1. The number of amides is 1. The number of aryl methyl sites for hydroxylation is 1. The van der Waals surface area contributed by atoms with Crippen LogP contribution >= 0.6 is 24.0 Å². The van der Waals surface area contributed by atoms with Gasteiger partial charge in [-0.1, -0.05) is 24.9 Å². The second-order valence-corrected chi connectivity index (χ2v) is 7.90. The van der Waals surface area contributed by atoms with Crippen LogP contribution in [-0.2, 0) is 11.2 Å². The number of nitrogens with zero attached hydrogens (tertiary/aromatic N) is 3. The summed E-state index contributed by atoms with van der Waals surface area (Å²) in [5.74, 6) is 1.42. The number of piperidine rings is 1. The van der Waals surface area contributed by atoms with Crippen molar-refractivity contribution in [3.63, 3.8) is 0 Å². The fourth-order valence-electron chi connectivity index (χ4n) is 3.53. The molecule has 7 nitrogen and oxygen atoms in total. The van der Waals surface area contributed by atoms with Gasteiger partial charge in [0.1, 0.15) is 5.82 Å². The van der Waals surface area contributed by atoms with Crippen LogP contribution in [0.5, 0.6) is 0 Å². The van der Waals surface area contributed by atoms with Gasteiger partial charge in [0.2, 0.25) is 11.9 Å². The summed E-state index contributed by atoms with van der Waals surface area (Å²) in [4.78, 5) is 23.1. The molecule has 0 spiro atoms. The van der Waals surface area contributed by atoms with Gasteiger partial charge in [-0.15, -0.1) is 12.4 Å². The van der Waals surface area contributed by atoms with Crippen molar-refractivity contribution < 1.29 is 4.79 Å². The summed E-state index contributed by atoms with van der Waals surface area (Å²) in [6.07, 6.45) is 5.06. The van der Waals surface area contributed by atoms with Crippen LogP contribution in [0.1, 0.15) is 45.2 Å². The number of aromatic nitrogens is 2. The first-order valence-electron chi connectivity index (χ1n) is 10.2. The second kappa shape index (κ2) is 11.2. The average molecular weight is 453 g/mol. The van der Waals surface area contributed by atoms with Gasteiger partial charge in [-0.05, 0) is 43.9 Å².